The second kappa shape index (κ2) is 7.19. The first-order chi connectivity index (χ1) is 13.4. The summed E-state index contributed by atoms with van der Waals surface area (Å²) in [6.45, 7) is 0. The summed E-state index contributed by atoms with van der Waals surface area (Å²) in [5.74, 6) is 0. The van der Waals surface area contributed by atoms with Gasteiger partial charge in [-0.25, -0.2) is 0 Å². The fourth-order valence-corrected chi connectivity index (χ4v) is 5.83. The van der Waals surface area contributed by atoms with Crippen molar-refractivity contribution in [1.82, 2.24) is 4.98 Å². The second-order valence-corrected chi connectivity index (χ2v) is 9.10. The highest BCUT2D eigenvalue weighted by Gasteiger charge is 2.13. The number of aromatic nitrogens is 2. The third-order valence-corrected chi connectivity index (χ3v) is 7.75. The van der Waals surface area contributed by atoms with Gasteiger partial charge in [0, 0.05) is 45.2 Å². The predicted molar refractivity (Wildman–Crippen MR) is 116 cm³/mol. The molecular formula is C22H15N2S3+. The molecule has 2 nitrogen and oxygen atoms in total. The van der Waals surface area contributed by atoms with E-state index in [9.17, 15) is 0 Å². The molecule has 0 atom stereocenters. The van der Waals surface area contributed by atoms with Crippen LogP contribution in [0.1, 0.15) is 0 Å². The minimum Gasteiger partial charge on any atom is -0.265 e. The molecule has 0 unspecified atom stereocenters. The summed E-state index contributed by atoms with van der Waals surface area (Å²) < 4.78 is 2.17. The van der Waals surface area contributed by atoms with Gasteiger partial charge in [-0.2, -0.15) is 4.57 Å². The van der Waals surface area contributed by atoms with Crippen LogP contribution in [0, 0.1) is 0 Å². The average molecular weight is 404 g/mol. The lowest BCUT2D eigenvalue weighted by Gasteiger charge is -1.99. The Bertz CT molecular complexity index is 1150. The molecule has 0 aromatic carbocycles. The van der Waals surface area contributed by atoms with Gasteiger partial charge in [0.2, 0.25) is 0 Å². The molecule has 130 valence electrons. The lowest BCUT2D eigenvalue weighted by molar-refractivity contribution is -0.591. The summed E-state index contributed by atoms with van der Waals surface area (Å²) in [5.41, 5.74) is 2.38. The van der Waals surface area contributed by atoms with Crippen LogP contribution in [0.4, 0.5) is 0 Å². The third kappa shape index (κ3) is 3.37. The standard InChI is InChI=1S/C22H15N2S3/c1-2-18(25-15-1)19-3-4-20(26-19)21-5-6-22(27-21)24-13-9-17(10-14-24)16-7-11-23-12-8-16/h1-15H/q+1. The molecule has 5 rings (SSSR count). The van der Waals surface area contributed by atoms with E-state index in [1.54, 1.807) is 11.3 Å². The quantitative estimate of drug-likeness (QED) is 0.311. The number of nitrogens with zero attached hydrogens (tertiary/aromatic N) is 2. The Morgan fingerprint density at radius 1 is 0.630 bits per heavy atom. The molecule has 5 aromatic heterocycles. The van der Waals surface area contributed by atoms with Crippen molar-refractivity contribution in [2.75, 3.05) is 0 Å². The molecule has 0 bridgehead atoms. The Morgan fingerprint density at radius 2 is 1.30 bits per heavy atom. The molecule has 0 radical (unpaired) electrons. The molecule has 0 aliphatic rings. The lowest BCUT2D eigenvalue weighted by atomic mass is 10.1. The predicted octanol–water partition coefficient (Wildman–Crippen LogP) is 6.54. The fraction of sp³-hybridized carbons (Fsp3) is 0. The molecule has 0 amide bonds. The molecule has 0 saturated carbocycles. The Hall–Kier alpha value is -2.60. The number of thiophene rings is 3. The van der Waals surface area contributed by atoms with Gasteiger partial charge in [-0.05, 0) is 52.9 Å². The van der Waals surface area contributed by atoms with Crippen LogP contribution in [0.15, 0.2) is 90.8 Å². The van der Waals surface area contributed by atoms with Crippen LogP contribution < -0.4 is 4.57 Å². The molecule has 5 aromatic rings. The number of pyridine rings is 2. The van der Waals surface area contributed by atoms with E-state index in [4.69, 9.17) is 0 Å². The maximum atomic E-state index is 4.08. The molecule has 0 aliphatic heterocycles. The van der Waals surface area contributed by atoms with E-state index in [2.05, 4.69) is 75.9 Å². The molecule has 0 fully saturated rings. The van der Waals surface area contributed by atoms with Crippen LogP contribution in [0.25, 0.3) is 35.6 Å². The van der Waals surface area contributed by atoms with Crippen molar-refractivity contribution < 1.29 is 4.57 Å². The highest BCUT2D eigenvalue weighted by molar-refractivity contribution is 7.26. The molecular weight excluding hydrogens is 388 g/mol. The Balaban J connectivity index is 1.41. The van der Waals surface area contributed by atoms with Crippen molar-refractivity contribution in [3.63, 3.8) is 0 Å². The first-order valence-electron chi connectivity index (χ1n) is 8.53. The summed E-state index contributed by atoms with van der Waals surface area (Å²) in [6.07, 6.45) is 7.90. The van der Waals surface area contributed by atoms with Gasteiger partial charge in [-0.15, -0.1) is 22.7 Å². The van der Waals surface area contributed by atoms with Crippen LogP contribution in [0.3, 0.4) is 0 Å². The minimum absolute atomic E-state index is 1.18. The van der Waals surface area contributed by atoms with Gasteiger partial charge in [-0.3, -0.25) is 4.98 Å². The Kier molecular flexibility index (Phi) is 4.41. The Labute approximate surface area is 169 Å². The molecule has 0 aliphatic carbocycles. The van der Waals surface area contributed by atoms with E-state index in [1.165, 1.54) is 35.6 Å². The zero-order valence-corrected chi connectivity index (χ0v) is 16.7. The summed E-state index contributed by atoms with van der Waals surface area (Å²) >= 11 is 5.47. The van der Waals surface area contributed by atoms with Crippen LogP contribution in [-0.2, 0) is 0 Å². The highest BCUT2D eigenvalue weighted by atomic mass is 32.1. The van der Waals surface area contributed by atoms with E-state index in [0.29, 0.717) is 0 Å². The van der Waals surface area contributed by atoms with Crippen molar-refractivity contribution in [3.05, 3.63) is 90.8 Å². The van der Waals surface area contributed by atoms with Gasteiger partial charge in [0.25, 0.3) is 5.00 Å². The molecule has 5 heteroatoms. The Morgan fingerprint density at radius 3 is 2.04 bits per heavy atom. The van der Waals surface area contributed by atoms with E-state index >= 15 is 0 Å². The molecule has 27 heavy (non-hydrogen) atoms. The number of hydrogen-bond donors (Lipinski definition) is 0. The van der Waals surface area contributed by atoms with Crippen LogP contribution in [0.2, 0.25) is 0 Å². The zero-order valence-electron chi connectivity index (χ0n) is 14.3. The number of rotatable bonds is 4. The highest BCUT2D eigenvalue weighted by Crippen LogP contribution is 2.39. The maximum Gasteiger partial charge on any atom is 0.267 e. The monoisotopic (exact) mass is 403 g/mol. The van der Waals surface area contributed by atoms with Gasteiger partial charge in [0.1, 0.15) is 0 Å². The van der Waals surface area contributed by atoms with Gasteiger partial charge in [-0.1, -0.05) is 17.4 Å². The summed E-state index contributed by atoms with van der Waals surface area (Å²) in [5, 5.41) is 3.35. The SMILES string of the molecule is c1csc(-c2ccc(-c3ccc(-[n+]4ccc(-c5ccncc5)cc4)s3)s2)c1. The normalized spacial score (nSPS) is 11.0. The first-order valence-corrected chi connectivity index (χ1v) is 11.0. The maximum absolute atomic E-state index is 4.08. The first kappa shape index (κ1) is 16.6. The summed E-state index contributed by atoms with van der Waals surface area (Å²) in [7, 11) is 0. The van der Waals surface area contributed by atoms with Crippen molar-refractivity contribution in [2.45, 2.75) is 0 Å². The fourth-order valence-electron chi connectivity index (χ4n) is 2.93. The summed E-state index contributed by atoms with van der Waals surface area (Å²) in [4.78, 5) is 9.39. The average Bonchev–Trinajstić information content (AvgIpc) is 3.49. The molecule has 0 N–H and O–H groups in total. The van der Waals surface area contributed by atoms with Crippen molar-refractivity contribution in [3.8, 4) is 35.6 Å². The van der Waals surface area contributed by atoms with Gasteiger partial charge >= 0.3 is 0 Å². The van der Waals surface area contributed by atoms with Gasteiger partial charge in [0.15, 0.2) is 12.4 Å². The van der Waals surface area contributed by atoms with Crippen molar-refractivity contribution >= 4 is 34.0 Å². The largest absolute Gasteiger partial charge is 0.267 e. The van der Waals surface area contributed by atoms with E-state index < -0.39 is 0 Å². The van der Waals surface area contributed by atoms with Crippen molar-refractivity contribution in [2.24, 2.45) is 0 Å². The van der Waals surface area contributed by atoms with Gasteiger partial charge < -0.3 is 0 Å². The third-order valence-electron chi connectivity index (χ3n) is 4.30. The minimum atomic E-state index is 1.18. The smallest absolute Gasteiger partial charge is 0.265 e. The lowest BCUT2D eigenvalue weighted by Crippen LogP contribution is -2.27. The second-order valence-electron chi connectivity index (χ2n) is 6.01. The summed E-state index contributed by atoms with van der Waals surface area (Å²) in [6, 6.07) is 21.5. The molecule has 0 spiro atoms. The van der Waals surface area contributed by atoms with Crippen molar-refractivity contribution in [1.29, 1.82) is 0 Å². The van der Waals surface area contributed by atoms with Crippen LogP contribution in [0.5, 0.6) is 0 Å². The van der Waals surface area contributed by atoms with E-state index in [0.717, 1.165) is 0 Å². The molecule has 0 saturated heterocycles. The number of hydrogen-bond acceptors (Lipinski definition) is 4. The van der Waals surface area contributed by atoms with Gasteiger partial charge in [0.05, 0.1) is 4.88 Å². The van der Waals surface area contributed by atoms with E-state index in [1.807, 2.05) is 47.2 Å². The van der Waals surface area contributed by atoms with Crippen LogP contribution >= 0.6 is 34.0 Å². The molecule has 5 heterocycles. The zero-order chi connectivity index (χ0) is 18.1. The topological polar surface area (TPSA) is 16.8 Å². The van der Waals surface area contributed by atoms with E-state index in [-0.39, 0.29) is 0 Å². The van der Waals surface area contributed by atoms with Crippen LogP contribution in [-0.4, -0.2) is 4.98 Å².